The van der Waals surface area contributed by atoms with Crippen LogP contribution in [0.1, 0.15) is 26.5 Å². The van der Waals surface area contributed by atoms with Crippen molar-refractivity contribution in [3.05, 3.63) is 40.5 Å². The van der Waals surface area contributed by atoms with E-state index in [0.29, 0.717) is 4.22 Å². The molecule has 1 aromatic carbocycles. The van der Waals surface area contributed by atoms with E-state index in [1.54, 1.807) is 0 Å². The van der Waals surface area contributed by atoms with Gasteiger partial charge in [-0.1, -0.05) is 0 Å². The summed E-state index contributed by atoms with van der Waals surface area (Å²) < 4.78 is 0.610. The Labute approximate surface area is 85.1 Å². The van der Waals surface area contributed by atoms with Gasteiger partial charge in [0.2, 0.25) is 0 Å². The quantitative estimate of drug-likeness (QED) is 0.553. The van der Waals surface area contributed by atoms with Crippen molar-refractivity contribution >= 4 is 6.08 Å². The molecule has 1 aliphatic rings. The molecule has 0 spiro atoms. The van der Waals surface area contributed by atoms with Gasteiger partial charge in [-0.3, -0.25) is 0 Å². The van der Waals surface area contributed by atoms with Gasteiger partial charge >= 0.3 is 85.0 Å². The summed E-state index contributed by atoms with van der Waals surface area (Å²) in [4.78, 5) is 0. The topological polar surface area (TPSA) is 0 Å². The summed E-state index contributed by atoms with van der Waals surface area (Å²) in [5.74, 6) is 0. The molecule has 0 aliphatic heterocycles. The minimum absolute atomic E-state index is 0.610. The Kier molecular flexibility index (Phi) is 1.98. The molecule has 0 N–H and O–H groups in total. The molecule has 0 amide bonds. The molecule has 2 rings (SSSR count). The summed E-state index contributed by atoms with van der Waals surface area (Å²) in [5.41, 5.74) is 5.76. The molecule has 0 saturated carbocycles. The van der Waals surface area contributed by atoms with Crippen LogP contribution in [0.4, 0.5) is 0 Å². The maximum atomic E-state index is 2.27. The number of hydrogen-bond acceptors (Lipinski definition) is 0. The van der Waals surface area contributed by atoms with Crippen molar-refractivity contribution in [2.75, 3.05) is 0 Å². The molecule has 59 valence electrons. The molecule has 0 radical (unpaired) electrons. The Morgan fingerprint density at radius 2 is 2.00 bits per heavy atom. The Morgan fingerprint density at radius 1 is 1.25 bits per heavy atom. The zero-order chi connectivity index (χ0) is 8.72. The van der Waals surface area contributed by atoms with Crippen molar-refractivity contribution in [1.82, 2.24) is 0 Å². The summed E-state index contributed by atoms with van der Waals surface area (Å²) in [7, 11) is 0. The van der Waals surface area contributed by atoms with Crippen molar-refractivity contribution in [1.29, 1.82) is 0 Å². The van der Waals surface area contributed by atoms with Crippen molar-refractivity contribution in [3.8, 4) is 0 Å². The van der Waals surface area contributed by atoms with E-state index < -0.39 is 0 Å². The SMILES string of the molecule is Cc1ccc2c(c1C)C=C[CH]2[Ti]. The minimum atomic E-state index is 0.610. The number of aryl methyl sites for hydroxylation is 1. The zero-order valence-corrected chi connectivity index (χ0v) is 8.95. The van der Waals surface area contributed by atoms with Gasteiger partial charge in [0.25, 0.3) is 0 Å². The Morgan fingerprint density at radius 3 is 2.75 bits per heavy atom. The van der Waals surface area contributed by atoms with E-state index in [0.717, 1.165) is 0 Å². The van der Waals surface area contributed by atoms with Crippen LogP contribution in [0.5, 0.6) is 0 Å². The van der Waals surface area contributed by atoms with Gasteiger partial charge in [0, 0.05) is 0 Å². The number of rotatable bonds is 0. The molecule has 1 aliphatic carbocycles. The third-order valence-corrected chi connectivity index (χ3v) is 3.40. The fourth-order valence-corrected chi connectivity index (χ4v) is 2.19. The van der Waals surface area contributed by atoms with Crippen LogP contribution in [0.15, 0.2) is 18.2 Å². The van der Waals surface area contributed by atoms with Crippen molar-refractivity contribution in [3.63, 3.8) is 0 Å². The van der Waals surface area contributed by atoms with Crippen LogP contribution in [0.25, 0.3) is 6.08 Å². The summed E-state index contributed by atoms with van der Waals surface area (Å²) in [6, 6.07) is 4.47. The standard InChI is InChI=1S/C11H11.Ti/c1-8-6-7-10-4-3-5-11(10)9(8)2;/h3-7H,1-2H3;. The Balaban J connectivity index is 2.67. The number of allylic oxidation sites excluding steroid dienone is 1. The van der Waals surface area contributed by atoms with Crippen LogP contribution in [0, 0.1) is 13.8 Å². The van der Waals surface area contributed by atoms with E-state index in [-0.39, 0.29) is 0 Å². The van der Waals surface area contributed by atoms with Gasteiger partial charge in [-0.15, -0.1) is 0 Å². The van der Waals surface area contributed by atoms with Gasteiger partial charge in [0.1, 0.15) is 0 Å². The molecular weight excluding hydrogens is 180 g/mol. The number of benzene rings is 1. The second-order valence-corrected chi connectivity index (χ2v) is 4.32. The molecule has 1 aromatic rings. The summed E-state index contributed by atoms with van der Waals surface area (Å²) in [6.45, 7) is 4.38. The van der Waals surface area contributed by atoms with Crippen molar-refractivity contribution in [2.45, 2.75) is 18.1 Å². The molecule has 1 atom stereocenters. The molecule has 0 fully saturated rings. The summed E-state index contributed by atoms with van der Waals surface area (Å²) in [6.07, 6.45) is 4.53. The molecule has 0 aromatic heterocycles. The molecule has 0 nitrogen and oxygen atoms in total. The Bertz CT molecular complexity index is 350. The van der Waals surface area contributed by atoms with Crippen LogP contribution < -0.4 is 0 Å². The van der Waals surface area contributed by atoms with E-state index in [2.05, 4.69) is 58.6 Å². The normalized spacial score (nSPS) is 19.6. The fraction of sp³-hybridized carbons (Fsp3) is 0.273. The zero-order valence-electron chi connectivity index (χ0n) is 7.39. The van der Waals surface area contributed by atoms with E-state index in [9.17, 15) is 0 Å². The van der Waals surface area contributed by atoms with Crippen LogP contribution in [-0.2, 0) is 20.4 Å². The number of hydrogen-bond donors (Lipinski definition) is 0. The first-order valence-electron chi connectivity index (χ1n) is 4.19. The van der Waals surface area contributed by atoms with Gasteiger partial charge in [-0.25, -0.2) is 0 Å². The molecule has 0 saturated heterocycles. The predicted molar refractivity (Wildman–Crippen MR) is 47.7 cm³/mol. The third-order valence-electron chi connectivity index (χ3n) is 2.61. The fourth-order valence-electron chi connectivity index (χ4n) is 1.65. The first-order valence-corrected chi connectivity index (χ1v) is 5.09. The van der Waals surface area contributed by atoms with E-state index >= 15 is 0 Å². The first-order chi connectivity index (χ1) is 5.70. The van der Waals surface area contributed by atoms with E-state index in [4.69, 9.17) is 0 Å². The monoisotopic (exact) mass is 191 g/mol. The molecule has 1 heteroatoms. The average molecular weight is 191 g/mol. The molecule has 1 unspecified atom stereocenters. The van der Waals surface area contributed by atoms with Gasteiger partial charge < -0.3 is 0 Å². The second kappa shape index (κ2) is 2.86. The molecule has 0 bridgehead atoms. The van der Waals surface area contributed by atoms with Crippen molar-refractivity contribution in [2.24, 2.45) is 0 Å². The first kappa shape index (κ1) is 8.28. The van der Waals surface area contributed by atoms with Gasteiger partial charge in [0.05, 0.1) is 0 Å². The molecule has 0 heterocycles. The average Bonchev–Trinajstić information content (AvgIpc) is 2.41. The predicted octanol–water partition coefficient (Wildman–Crippen LogP) is 2.92. The van der Waals surface area contributed by atoms with Crippen LogP contribution in [0.2, 0.25) is 0 Å². The third kappa shape index (κ3) is 1.10. The van der Waals surface area contributed by atoms with Crippen LogP contribution in [-0.4, -0.2) is 0 Å². The van der Waals surface area contributed by atoms with Crippen LogP contribution >= 0.6 is 0 Å². The van der Waals surface area contributed by atoms with E-state index in [1.807, 2.05) is 0 Å². The maximum absolute atomic E-state index is 2.27. The molecular formula is C11H11Ti. The van der Waals surface area contributed by atoms with E-state index in [1.165, 1.54) is 22.3 Å². The molecule has 12 heavy (non-hydrogen) atoms. The van der Waals surface area contributed by atoms with Gasteiger partial charge in [-0.05, 0) is 0 Å². The number of fused-ring (bicyclic) bond motifs is 1. The van der Waals surface area contributed by atoms with Crippen molar-refractivity contribution < 1.29 is 20.4 Å². The Hall–Kier alpha value is -0.326. The van der Waals surface area contributed by atoms with Crippen LogP contribution in [0.3, 0.4) is 0 Å². The summed E-state index contributed by atoms with van der Waals surface area (Å²) >= 11 is 2.25. The van der Waals surface area contributed by atoms with Gasteiger partial charge in [-0.2, -0.15) is 0 Å². The van der Waals surface area contributed by atoms with Gasteiger partial charge in [0.15, 0.2) is 0 Å². The summed E-state index contributed by atoms with van der Waals surface area (Å²) in [5, 5.41) is 0. The second-order valence-electron chi connectivity index (χ2n) is 3.35.